The van der Waals surface area contributed by atoms with Crippen LogP contribution in [0.15, 0.2) is 36.4 Å². The standard InChI is InChI=1S/C14H10ClFN2S/c1-8-5-6-9(16)7-12(8)18-11-4-2-3-10(15)13(11)17-14(18)19/h2-7H,1H3,(H,17,19). The van der Waals surface area contributed by atoms with Gasteiger partial charge in [-0.3, -0.25) is 4.57 Å². The lowest BCUT2D eigenvalue weighted by molar-refractivity contribution is 0.626. The number of benzene rings is 2. The summed E-state index contributed by atoms with van der Waals surface area (Å²) in [5.74, 6) is -0.293. The Labute approximate surface area is 119 Å². The van der Waals surface area contributed by atoms with Gasteiger partial charge in [0.25, 0.3) is 0 Å². The van der Waals surface area contributed by atoms with Gasteiger partial charge in [-0.05, 0) is 49.0 Å². The number of imidazole rings is 1. The number of H-pyrrole nitrogens is 1. The molecule has 0 radical (unpaired) electrons. The van der Waals surface area contributed by atoms with E-state index < -0.39 is 0 Å². The second kappa shape index (κ2) is 4.47. The number of fused-ring (bicyclic) bond motifs is 1. The molecule has 0 aliphatic carbocycles. The molecule has 0 aliphatic rings. The summed E-state index contributed by atoms with van der Waals surface area (Å²) in [5, 5.41) is 0.594. The zero-order chi connectivity index (χ0) is 13.6. The Morgan fingerprint density at radius 3 is 2.84 bits per heavy atom. The molecule has 2 aromatic carbocycles. The summed E-state index contributed by atoms with van der Waals surface area (Å²) in [4.78, 5) is 3.06. The van der Waals surface area contributed by atoms with Crippen molar-refractivity contribution in [2.45, 2.75) is 6.92 Å². The first-order valence-corrected chi connectivity index (χ1v) is 6.52. The third-order valence-corrected chi connectivity index (χ3v) is 3.68. The Hall–Kier alpha value is -1.65. The molecular weight excluding hydrogens is 283 g/mol. The van der Waals surface area contributed by atoms with Crippen LogP contribution in [0.4, 0.5) is 4.39 Å². The molecule has 5 heteroatoms. The second-order valence-electron chi connectivity index (χ2n) is 4.33. The van der Waals surface area contributed by atoms with Gasteiger partial charge in [0.2, 0.25) is 0 Å². The lowest BCUT2D eigenvalue weighted by Gasteiger charge is -2.08. The van der Waals surface area contributed by atoms with Crippen molar-refractivity contribution in [2.24, 2.45) is 0 Å². The number of hydrogen-bond acceptors (Lipinski definition) is 1. The van der Waals surface area contributed by atoms with Gasteiger partial charge in [0.1, 0.15) is 5.82 Å². The van der Waals surface area contributed by atoms with Gasteiger partial charge in [-0.2, -0.15) is 0 Å². The predicted molar refractivity (Wildman–Crippen MR) is 78.2 cm³/mol. The molecule has 0 spiro atoms. The SMILES string of the molecule is Cc1ccc(F)cc1-n1c(=S)[nH]c2c(Cl)cccc21. The van der Waals surface area contributed by atoms with E-state index in [-0.39, 0.29) is 5.82 Å². The number of rotatable bonds is 1. The minimum Gasteiger partial charge on any atom is -0.329 e. The van der Waals surface area contributed by atoms with E-state index in [9.17, 15) is 4.39 Å². The van der Waals surface area contributed by atoms with Crippen LogP contribution >= 0.6 is 23.8 Å². The van der Waals surface area contributed by atoms with Crippen LogP contribution in [0.25, 0.3) is 16.7 Å². The van der Waals surface area contributed by atoms with Gasteiger partial charge in [-0.1, -0.05) is 23.7 Å². The minimum absolute atomic E-state index is 0.293. The Morgan fingerprint density at radius 1 is 1.26 bits per heavy atom. The van der Waals surface area contributed by atoms with Gasteiger partial charge in [-0.15, -0.1) is 0 Å². The molecule has 0 unspecified atom stereocenters. The normalized spacial score (nSPS) is 11.1. The van der Waals surface area contributed by atoms with Crippen molar-refractivity contribution >= 4 is 34.9 Å². The first-order valence-electron chi connectivity index (χ1n) is 5.73. The van der Waals surface area contributed by atoms with Crippen LogP contribution in [-0.2, 0) is 0 Å². The number of para-hydroxylation sites is 1. The quantitative estimate of drug-likeness (QED) is 0.640. The highest BCUT2D eigenvalue weighted by molar-refractivity contribution is 7.71. The molecule has 3 aromatic rings. The Morgan fingerprint density at radius 2 is 2.05 bits per heavy atom. The molecule has 2 nitrogen and oxygen atoms in total. The average molecular weight is 293 g/mol. The lowest BCUT2D eigenvalue weighted by atomic mass is 10.2. The number of aryl methyl sites for hydroxylation is 1. The summed E-state index contributed by atoms with van der Waals surface area (Å²) in [6.45, 7) is 1.92. The first-order chi connectivity index (χ1) is 9.08. The van der Waals surface area contributed by atoms with E-state index in [0.29, 0.717) is 9.79 Å². The fourth-order valence-electron chi connectivity index (χ4n) is 2.16. The summed E-state index contributed by atoms with van der Waals surface area (Å²) < 4.78 is 15.8. The number of hydrogen-bond donors (Lipinski definition) is 1. The number of nitrogens with one attached hydrogen (secondary N) is 1. The van der Waals surface area contributed by atoms with Gasteiger partial charge in [0.05, 0.1) is 21.7 Å². The van der Waals surface area contributed by atoms with Crippen LogP contribution in [0.5, 0.6) is 0 Å². The fraction of sp³-hybridized carbons (Fsp3) is 0.0714. The maximum atomic E-state index is 13.5. The fourth-order valence-corrected chi connectivity index (χ4v) is 2.67. The molecular formula is C14H10ClFN2S. The average Bonchev–Trinajstić information content (AvgIpc) is 2.70. The Balaban J connectivity index is 2.43. The lowest BCUT2D eigenvalue weighted by Crippen LogP contribution is -1.97. The van der Waals surface area contributed by atoms with Crippen molar-refractivity contribution in [2.75, 3.05) is 0 Å². The van der Waals surface area contributed by atoms with Gasteiger partial charge < -0.3 is 4.98 Å². The number of nitrogens with zero attached hydrogens (tertiary/aromatic N) is 1. The zero-order valence-electron chi connectivity index (χ0n) is 10.1. The molecule has 0 saturated heterocycles. The van der Waals surface area contributed by atoms with E-state index in [2.05, 4.69) is 4.98 Å². The third-order valence-electron chi connectivity index (χ3n) is 3.08. The largest absolute Gasteiger partial charge is 0.329 e. The zero-order valence-corrected chi connectivity index (χ0v) is 11.6. The summed E-state index contributed by atoms with van der Waals surface area (Å²) >= 11 is 11.5. The monoisotopic (exact) mass is 292 g/mol. The van der Waals surface area contributed by atoms with Gasteiger partial charge in [-0.25, -0.2) is 4.39 Å². The van der Waals surface area contributed by atoms with E-state index in [1.54, 1.807) is 16.7 Å². The molecule has 19 heavy (non-hydrogen) atoms. The van der Waals surface area contributed by atoms with Crippen molar-refractivity contribution < 1.29 is 4.39 Å². The molecule has 0 atom stereocenters. The van der Waals surface area contributed by atoms with Crippen molar-refractivity contribution in [3.05, 3.63) is 57.6 Å². The van der Waals surface area contributed by atoms with E-state index in [1.807, 2.05) is 19.1 Å². The molecule has 1 heterocycles. The molecule has 0 aliphatic heterocycles. The minimum atomic E-state index is -0.293. The molecule has 0 amide bonds. The van der Waals surface area contributed by atoms with Crippen LogP contribution in [0.1, 0.15) is 5.56 Å². The highest BCUT2D eigenvalue weighted by Crippen LogP contribution is 2.27. The molecule has 96 valence electrons. The van der Waals surface area contributed by atoms with Crippen LogP contribution in [0, 0.1) is 17.5 Å². The van der Waals surface area contributed by atoms with E-state index in [4.69, 9.17) is 23.8 Å². The summed E-state index contributed by atoms with van der Waals surface area (Å²) in [7, 11) is 0. The summed E-state index contributed by atoms with van der Waals surface area (Å²) in [5.41, 5.74) is 3.26. The summed E-state index contributed by atoms with van der Waals surface area (Å²) in [6.07, 6.45) is 0. The molecule has 1 N–H and O–H groups in total. The number of halogens is 2. The highest BCUT2D eigenvalue weighted by atomic mass is 35.5. The van der Waals surface area contributed by atoms with Crippen molar-refractivity contribution in [1.82, 2.24) is 9.55 Å². The van der Waals surface area contributed by atoms with E-state index >= 15 is 0 Å². The van der Waals surface area contributed by atoms with Gasteiger partial charge in [0.15, 0.2) is 4.77 Å². The maximum Gasteiger partial charge on any atom is 0.182 e. The molecule has 3 rings (SSSR count). The highest BCUT2D eigenvalue weighted by Gasteiger charge is 2.11. The van der Waals surface area contributed by atoms with Crippen molar-refractivity contribution in [1.29, 1.82) is 0 Å². The first kappa shape index (κ1) is 12.4. The summed E-state index contributed by atoms with van der Waals surface area (Å²) in [6, 6.07) is 10.2. The van der Waals surface area contributed by atoms with E-state index in [1.165, 1.54) is 12.1 Å². The third kappa shape index (κ3) is 1.97. The number of aromatic nitrogens is 2. The predicted octanol–water partition coefficient (Wildman–Crippen LogP) is 4.79. The van der Waals surface area contributed by atoms with Crippen molar-refractivity contribution in [3.8, 4) is 5.69 Å². The van der Waals surface area contributed by atoms with Crippen LogP contribution in [0.3, 0.4) is 0 Å². The topological polar surface area (TPSA) is 20.7 Å². The molecule has 0 fully saturated rings. The second-order valence-corrected chi connectivity index (χ2v) is 5.12. The van der Waals surface area contributed by atoms with Crippen molar-refractivity contribution in [3.63, 3.8) is 0 Å². The van der Waals surface area contributed by atoms with Crippen LogP contribution < -0.4 is 0 Å². The Bertz CT molecular complexity index is 835. The molecule has 0 saturated carbocycles. The maximum absolute atomic E-state index is 13.5. The number of aromatic amines is 1. The van der Waals surface area contributed by atoms with Gasteiger partial charge in [0, 0.05) is 0 Å². The van der Waals surface area contributed by atoms with Crippen LogP contribution in [0.2, 0.25) is 5.02 Å². The van der Waals surface area contributed by atoms with Gasteiger partial charge >= 0.3 is 0 Å². The molecule has 1 aromatic heterocycles. The van der Waals surface area contributed by atoms with E-state index in [0.717, 1.165) is 22.3 Å². The molecule has 0 bridgehead atoms. The Kier molecular flexibility index (Phi) is 2.92. The van der Waals surface area contributed by atoms with Crippen LogP contribution in [-0.4, -0.2) is 9.55 Å². The smallest absolute Gasteiger partial charge is 0.182 e.